The summed E-state index contributed by atoms with van der Waals surface area (Å²) in [7, 11) is 0. The maximum atomic E-state index is 13.1. The average Bonchev–Trinajstić information content (AvgIpc) is 3.29. The van der Waals surface area contributed by atoms with Crippen LogP contribution in [0, 0.1) is 29.1 Å². The highest BCUT2D eigenvalue weighted by Crippen LogP contribution is 2.64. The molecule has 1 aliphatic heterocycles. The maximum absolute atomic E-state index is 13.1. The summed E-state index contributed by atoms with van der Waals surface area (Å²) in [4.78, 5) is 25.7. The predicted octanol–water partition coefficient (Wildman–Crippen LogP) is 2.68. The minimum atomic E-state index is -0.973. The van der Waals surface area contributed by atoms with E-state index in [2.05, 4.69) is 13.8 Å². The molecule has 4 nitrogen and oxygen atoms in total. The zero-order chi connectivity index (χ0) is 17.6. The second-order valence-electron chi connectivity index (χ2n) is 9.31. The first-order chi connectivity index (χ1) is 11.1. The number of epoxide rings is 1. The fourth-order valence-corrected chi connectivity index (χ4v) is 5.36. The molecule has 4 heteroatoms. The Morgan fingerprint density at radius 1 is 1.04 bits per heavy atom. The molecule has 1 saturated carbocycles. The Kier molecular flexibility index (Phi) is 3.29. The van der Waals surface area contributed by atoms with Gasteiger partial charge in [0.2, 0.25) is 0 Å². The quantitative estimate of drug-likeness (QED) is 0.693. The minimum absolute atomic E-state index is 0.0450. The summed E-state index contributed by atoms with van der Waals surface area (Å²) < 4.78 is 5.93. The number of hydrogen-bond donors (Lipinski definition) is 1. The SMILES string of the molecule is C[C@@H]1C[C@@H]2[C@H](CC[C@]3(C)O[C@H]3C3=C(C1=O)[C@@H](O)[C@H](C)C3=O)C2(C)C. The molecule has 2 fully saturated rings. The van der Waals surface area contributed by atoms with E-state index in [9.17, 15) is 14.7 Å². The van der Waals surface area contributed by atoms with Gasteiger partial charge in [-0.15, -0.1) is 0 Å². The molecule has 0 aromatic rings. The van der Waals surface area contributed by atoms with Crippen LogP contribution in [0.2, 0.25) is 0 Å². The van der Waals surface area contributed by atoms with Crippen LogP contribution < -0.4 is 0 Å². The third kappa shape index (κ3) is 2.05. The molecule has 0 spiro atoms. The van der Waals surface area contributed by atoms with Crippen LogP contribution in [0.5, 0.6) is 0 Å². The number of aliphatic hydroxyl groups excluding tert-OH is 1. The lowest BCUT2D eigenvalue weighted by Crippen LogP contribution is -2.25. The molecule has 0 aromatic carbocycles. The highest BCUT2D eigenvalue weighted by Gasteiger charge is 2.63. The van der Waals surface area contributed by atoms with E-state index >= 15 is 0 Å². The van der Waals surface area contributed by atoms with E-state index in [1.165, 1.54) is 0 Å². The Morgan fingerprint density at radius 3 is 2.38 bits per heavy atom. The van der Waals surface area contributed by atoms with Gasteiger partial charge in [-0.2, -0.15) is 0 Å². The molecule has 24 heavy (non-hydrogen) atoms. The van der Waals surface area contributed by atoms with Crippen molar-refractivity contribution in [2.45, 2.75) is 71.7 Å². The van der Waals surface area contributed by atoms with E-state index in [4.69, 9.17) is 4.74 Å². The van der Waals surface area contributed by atoms with Crippen LogP contribution in [-0.2, 0) is 14.3 Å². The second-order valence-corrected chi connectivity index (χ2v) is 9.31. The van der Waals surface area contributed by atoms with Crippen molar-refractivity contribution >= 4 is 11.6 Å². The summed E-state index contributed by atoms with van der Waals surface area (Å²) in [5.41, 5.74) is 0.759. The van der Waals surface area contributed by atoms with Crippen molar-refractivity contribution in [2.24, 2.45) is 29.1 Å². The van der Waals surface area contributed by atoms with E-state index in [1.807, 2.05) is 13.8 Å². The average molecular weight is 332 g/mol. The van der Waals surface area contributed by atoms with Gasteiger partial charge >= 0.3 is 0 Å². The molecule has 0 radical (unpaired) electrons. The first-order valence-electron chi connectivity index (χ1n) is 9.28. The lowest BCUT2D eigenvalue weighted by molar-refractivity contribution is -0.120. The van der Waals surface area contributed by atoms with Gasteiger partial charge < -0.3 is 9.84 Å². The fraction of sp³-hybridized carbons (Fsp3) is 0.800. The number of Topliss-reactive ketones (excluding diaryl/α,β-unsaturated/α-hetero) is 2. The molecule has 7 atom stereocenters. The number of carbonyl (C=O) groups excluding carboxylic acids is 2. The van der Waals surface area contributed by atoms with Crippen molar-refractivity contribution in [1.29, 1.82) is 0 Å². The van der Waals surface area contributed by atoms with E-state index in [-0.39, 0.29) is 34.6 Å². The van der Waals surface area contributed by atoms with Gasteiger partial charge in [0.1, 0.15) is 6.10 Å². The maximum Gasteiger partial charge on any atom is 0.167 e. The van der Waals surface area contributed by atoms with Crippen molar-refractivity contribution in [3.63, 3.8) is 0 Å². The Balaban J connectivity index is 1.75. The van der Waals surface area contributed by atoms with Gasteiger partial charge in [-0.25, -0.2) is 0 Å². The van der Waals surface area contributed by atoms with Gasteiger partial charge in [-0.3, -0.25) is 9.59 Å². The first kappa shape index (κ1) is 16.5. The van der Waals surface area contributed by atoms with Gasteiger partial charge in [0, 0.05) is 23.0 Å². The van der Waals surface area contributed by atoms with E-state index in [0.29, 0.717) is 23.0 Å². The van der Waals surface area contributed by atoms with Crippen LogP contribution in [0.25, 0.3) is 0 Å². The third-order valence-corrected chi connectivity index (χ3v) is 7.45. The number of ether oxygens (including phenoxy) is 1. The van der Waals surface area contributed by atoms with Gasteiger partial charge in [-0.1, -0.05) is 27.7 Å². The summed E-state index contributed by atoms with van der Waals surface area (Å²) in [5, 5.41) is 10.5. The first-order valence-corrected chi connectivity index (χ1v) is 9.28. The minimum Gasteiger partial charge on any atom is -0.388 e. The topological polar surface area (TPSA) is 66.9 Å². The molecule has 0 amide bonds. The number of hydrogen-bond acceptors (Lipinski definition) is 4. The highest BCUT2D eigenvalue weighted by atomic mass is 16.6. The van der Waals surface area contributed by atoms with Crippen molar-refractivity contribution in [1.82, 2.24) is 0 Å². The predicted molar refractivity (Wildman–Crippen MR) is 89.3 cm³/mol. The molecule has 1 heterocycles. The summed E-state index contributed by atoms with van der Waals surface area (Å²) in [6.45, 7) is 10.3. The summed E-state index contributed by atoms with van der Waals surface area (Å²) in [6, 6.07) is 0. The number of fused-ring (bicyclic) bond motifs is 3. The van der Waals surface area contributed by atoms with E-state index in [0.717, 1.165) is 19.3 Å². The lowest BCUT2D eigenvalue weighted by Gasteiger charge is -2.16. The Hall–Kier alpha value is -1.00. The molecule has 1 N–H and O–H groups in total. The largest absolute Gasteiger partial charge is 0.388 e. The van der Waals surface area contributed by atoms with Crippen LogP contribution in [0.4, 0.5) is 0 Å². The molecule has 132 valence electrons. The van der Waals surface area contributed by atoms with Crippen LogP contribution >= 0.6 is 0 Å². The van der Waals surface area contributed by atoms with E-state index < -0.39 is 12.0 Å². The Morgan fingerprint density at radius 2 is 1.71 bits per heavy atom. The van der Waals surface area contributed by atoms with E-state index in [1.54, 1.807) is 6.92 Å². The zero-order valence-electron chi connectivity index (χ0n) is 15.3. The second kappa shape index (κ2) is 4.79. The van der Waals surface area contributed by atoms with Crippen LogP contribution in [0.1, 0.15) is 53.9 Å². The monoisotopic (exact) mass is 332 g/mol. The van der Waals surface area contributed by atoms with Crippen molar-refractivity contribution < 1.29 is 19.4 Å². The van der Waals surface area contributed by atoms with Gasteiger partial charge in [0.25, 0.3) is 0 Å². The van der Waals surface area contributed by atoms with Gasteiger partial charge in [-0.05, 0) is 43.4 Å². The summed E-state index contributed by atoms with van der Waals surface area (Å²) >= 11 is 0. The van der Waals surface area contributed by atoms with Crippen molar-refractivity contribution in [2.75, 3.05) is 0 Å². The summed E-state index contributed by atoms with van der Waals surface area (Å²) in [6.07, 6.45) is 1.57. The fourth-order valence-electron chi connectivity index (χ4n) is 5.36. The zero-order valence-corrected chi connectivity index (χ0v) is 15.3. The molecule has 0 bridgehead atoms. The van der Waals surface area contributed by atoms with Gasteiger partial charge in [0.15, 0.2) is 11.6 Å². The molecular weight excluding hydrogens is 304 g/mol. The van der Waals surface area contributed by atoms with Crippen LogP contribution in [-0.4, -0.2) is 34.5 Å². The molecule has 3 aliphatic carbocycles. The molecular formula is C20H28O4. The number of rotatable bonds is 0. The Bertz CT molecular complexity index is 661. The third-order valence-electron chi connectivity index (χ3n) is 7.45. The van der Waals surface area contributed by atoms with Crippen molar-refractivity contribution in [3.8, 4) is 0 Å². The highest BCUT2D eigenvalue weighted by molar-refractivity contribution is 6.13. The lowest BCUT2D eigenvalue weighted by atomic mass is 9.87. The molecule has 4 aliphatic rings. The Labute approximate surface area is 143 Å². The number of aliphatic hydroxyl groups is 1. The molecule has 4 rings (SSSR count). The van der Waals surface area contributed by atoms with Crippen LogP contribution in [0.15, 0.2) is 11.1 Å². The standard InChI is InChI=1S/C20H28O4/c1-9-8-12-11(19(12,3)4)6-7-20(5)18(24-20)14-13(15(9)21)16(22)10(2)17(14)23/h9-12,16,18,22H,6-8H2,1-5H3/t9-,10+,11+,12-,16+,18+,20+/m1/s1. The molecule has 1 saturated heterocycles. The number of ketones is 2. The van der Waals surface area contributed by atoms with Gasteiger partial charge in [0.05, 0.1) is 11.7 Å². The van der Waals surface area contributed by atoms with Crippen molar-refractivity contribution in [3.05, 3.63) is 11.1 Å². The smallest absolute Gasteiger partial charge is 0.167 e. The normalized spacial score (nSPS) is 49.9. The summed E-state index contributed by atoms with van der Waals surface area (Å²) in [5.74, 6) is 0.341. The molecule has 0 unspecified atom stereocenters. The molecule has 0 aromatic heterocycles. The number of carbonyl (C=O) groups is 2. The van der Waals surface area contributed by atoms with Crippen LogP contribution in [0.3, 0.4) is 0 Å².